The molecule has 1 aliphatic rings. The molecular formula is C17H22O6V. The maximum atomic E-state index is 10.9. The Bertz CT molecular complexity index is 670. The van der Waals surface area contributed by atoms with Crippen LogP contribution in [0.15, 0.2) is 45.0 Å². The molecule has 131 valence electrons. The van der Waals surface area contributed by atoms with Crippen LogP contribution in [0.4, 0.5) is 0 Å². The normalized spacial score (nSPS) is 13.3. The molecule has 0 aromatic carbocycles. The van der Waals surface area contributed by atoms with Crippen LogP contribution in [-0.4, -0.2) is 16.0 Å². The Morgan fingerprint density at radius 3 is 2.08 bits per heavy atom. The number of aromatic hydroxyl groups is 1. The molecule has 1 aromatic rings. The molecule has 0 amide bonds. The van der Waals surface area contributed by atoms with Crippen molar-refractivity contribution in [3.8, 4) is 5.75 Å². The summed E-state index contributed by atoms with van der Waals surface area (Å²) in [6.07, 6.45) is 5.20. The average Bonchev–Trinajstić information content (AvgIpc) is 2.54. The van der Waals surface area contributed by atoms with Crippen LogP contribution in [0.25, 0.3) is 0 Å². The van der Waals surface area contributed by atoms with Crippen LogP contribution in [0, 0.1) is 5.92 Å². The van der Waals surface area contributed by atoms with Gasteiger partial charge in [0.2, 0.25) is 17.0 Å². The Labute approximate surface area is 150 Å². The fourth-order valence-electron chi connectivity index (χ4n) is 1.97. The molecule has 0 unspecified atom stereocenters. The number of carbonyl (C=O) groups is 1. The van der Waals surface area contributed by atoms with E-state index in [0.29, 0.717) is 12.2 Å². The van der Waals surface area contributed by atoms with E-state index in [2.05, 4.69) is 0 Å². The second-order valence-electron chi connectivity index (χ2n) is 5.65. The molecule has 0 atom stereocenters. The first-order chi connectivity index (χ1) is 11.3. The van der Waals surface area contributed by atoms with Gasteiger partial charge in [-0.1, -0.05) is 33.8 Å². The molecule has 1 aliphatic carbocycles. The molecule has 1 heterocycles. The zero-order valence-corrected chi connectivity index (χ0v) is 15.5. The van der Waals surface area contributed by atoms with E-state index in [1.54, 1.807) is 6.08 Å². The number of hydrogen-bond acceptors (Lipinski definition) is 6. The van der Waals surface area contributed by atoms with Crippen molar-refractivity contribution >= 4 is 5.78 Å². The number of aliphatic hydroxyl groups is 1. The van der Waals surface area contributed by atoms with Gasteiger partial charge in [-0.2, -0.15) is 0 Å². The monoisotopic (exact) mass is 373 g/mol. The Morgan fingerprint density at radius 1 is 1.08 bits per heavy atom. The number of ketones is 1. The van der Waals surface area contributed by atoms with Crippen LogP contribution in [0.1, 0.15) is 45.8 Å². The van der Waals surface area contributed by atoms with Gasteiger partial charge in [0.15, 0.2) is 11.5 Å². The fourth-order valence-corrected chi connectivity index (χ4v) is 1.97. The number of hydrogen-bond donors (Lipinski definition) is 2. The predicted octanol–water partition coefficient (Wildman–Crippen LogP) is 3.33. The summed E-state index contributed by atoms with van der Waals surface area (Å²) >= 11 is 1.06. The van der Waals surface area contributed by atoms with Gasteiger partial charge >= 0.3 is 21.0 Å². The number of rotatable bonds is 2. The Morgan fingerprint density at radius 2 is 1.67 bits per heavy atom. The van der Waals surface area contributed by atoms with Crippen LogP contribution in [-0.2, 0) is 25.8 Å². The van der Waals surface area contributed by atoms with E-state index in [0.717, 1.165) is 22.9 Å². The average molecular weight is 373 g/mol. The van der Waals surface area contributed by atoms with E-state index in [4.69, 9.17) is 13.2 Å². The third kappa shape index (κ3) is 6.30. The molecule has 0 aliphatic heterocycles. The molecule has 2 rings (SSSR count). The van der Waals surface area contributed by atoms with Crippen molar-refractivity contribution in [2.75, 3.05) is 0 Å². The summed E-state index contributed by atoms with van der Waals surface area (Å²) in [5.74, 6) is 0.0373. The fraction of sp³-hybridized carbons (Fsp3) is 0.412. The molecule has 7 heteroatoms. The summed E-state index contributed by atoms with van der Waals surface area (Å²) in [5.41, 5.74) is 0.456. The number of carbonyl (C=O) groups excluding carboxylic acids is 1. The van der Waals surface area contributed by atoms with Crippen molar-refractivity contribution in [2.45, 2.75) is 40.0 Å². The summed E-state index contributed by atoms with van der Waals surface area (Å²) in [6.45, 7) is 7.63. The molecule has 0 fully saturated rings. The van der Waals surface area contributed by atoms with Crippen molar-refractivity contribution in [1.82, 2.24) is 0 Å². The van der Waals surface area contributed by atoms with Gasteiger partial charge in [-0.05, 0) is 24.0 Å². The molecular weight excluding hydrogens is 351 g/mol. The summed E-state index contributed by atoms with van der Waals surface area (Å²) in [7, 11) is 0. The van der Waals surface area contributed by atoms with E-state index in [1.807, 2.05) is 27.7 Å². The first-order valence-corrected chi connectivity index (χ1v) is 7.94. The predicted molar refractivity (Wildman–Crippen MR) is 84.7 cm³/mol. The molecule has 0 spiro atoms. The topological polar surface area (TPSA) is 105 Å². The Kier molecular flexibility index (Phi) is 9.92. The minimum absolute atomic E-state index is 0.0314. The van der Waals surface area contributed by atoms with Crippen molar-refractivity contribution < 1.29 is 40.5 Å². The van der Waals surface area contributed by atoms with Crippen molar-refractivity contribution in [2.24, 2.45) is 5.92 Å². The van der Waals surface area contributed by atoms with Gasteiger partial charge in [0.1, 0.15) is 0 Å². The van der Waals surface area contributed by atoms with Crippen LogP contribution in [0.2, 0.25) is 0 Å². The van der Waals surface area contributed by atoms with Gasteiger partial charge in [-0.3, -0.25) is 9.59 Å². The summed E-state index contributed by atoms with van der Waals surface area (Å²) in [5, 5.41) is 18.4. The van der Waals surface area contributed by atoms with Crippen LogP contribution in [0.3, 0.4) is 0 Å². The molecule has 0 radical (unpaired) electrons. The standard InChI is InChI=1S/C9H12O2.C8H10O3.O.V/c1-6(2)7-4-3-5-8(10)9(7)11;1-5(2)8-7(10)6(9)3-4-11-8;;/h3,5-6,11H,4H2,1-2H3;3-5,10H,1-2H3;;. The van der Waals surface area contributed by atoms with Gasteiger partial charge in [0.25, 0.3) is 0 Å². The van der Waals surface area contributed by atoms with Crippen LogP contribution in [0.5, 0.6) is 5.75 Å². The van der Waals surface area contributed by atoms with E-state index >= 15 is 0 Å². The molecule has 2 N–H and O–H groups in total. The first kappa shape index (κ1) is 22.1. The van der Waals surface area contributed by atoms with Crippen LogP contribution < -0.4 is 5.43 Å². The van der Waals surface area contributed by atoms with Gasteiger partial charge in [-0.25, -0.2) is 0 Å². The molecule has 24 heavy (non-hydrogen) atoms. The summed E-state index contributed by atoms with van der Waals surface area (Å²) in [6, 6.07) is 1.20. The number of aliphatic hydroxyl groups excluding tert-OH is 1. The van der Waals surface area contributed by atoms with E-state index in [-0.39, 0.29) is 34.6 Å². The second-order valence-corrected chi connectivity index (χ2v) is 5.65. The SMILES string of the molecule is CC(C)C1=C(O)C(=O)C=CC1.CC(C)c1occc(=O)c1O.[O]=[V]. The van der Waals surface area contributed by atoms with Gasteiger partial charge in [0, 0.05) is 12.0 Å². The van der Waals surface area contributed by atoms with E-state index in [9.17, 15) is 14.7 Å². The Hall–Kier alpha value is -1.92. The Balaban J connectivity index is 0.000000400. The van der Waals surface area contributed by atoms with E-state index < -0.39 is 0 Å². The van der Waals surface area contributed by atoms with Crippen molar-refractivity contribution in [1.29, 1.82) is 0 Å². The van der Waals surface area contributed by atoms with Gasteiger partial charge < -0.3 is 14.6 Å². The quantitative estimate of drug-likeness (QED) is 0.824. The zero-order valence-electron chi connectivity index (χ0n) is 14.1. The summed E-state index contributed by atoms with van der Waals surface area (Å²) in [4.78, 5) is 21.7. The third-order valence-corrected chi connectivity index (χ3v) is 3.25. The molecule has 0 saturated heterocycles. The summed E-state index contributed by atoms with van der Waals surface area (Å²) < 4.78 is 13.1. The van der Waals surface area contributed by atoms with Crippen molar-refractivity contribution in [3.05, 3.63) is 51.8 Å². The molecule has 6 nitrogen and oxygen atoms in total. The zero-order chi connectivity index (χ0) is 18.9. The second kappa shape index (κ2) is 10.8. The van der Waals surface area contributed by atoms with E-state index in [1.165, 1.54) is 18.4 Å². The van der Waals surface area contributed by atoms with Crippen LogP contribution >= 0.6 is 0 Å². The first-order valence-electron chi connectivity index (χ1n) is 7.37. The van der Waals surface area contributed by atoms with Gasteiger partial charge in [-0.15, -0.1) is 0 Å². The minimum atomic E-state index is -0.389. The third-order valence-electron chi connectivity index (χ3n) is 3.25. The van der Waals surface area contributed by atoms with Crippen molar-refractivity contribution in [3.63, 3.8) is 0 Å². The molecule has 0 saturated carbocycles. The number of allylic oxidation sites excluding steroid dienone is 3. The molecule has 1 aromatic heterocycles. The maximum absolute atomic E-state index is 10.9. The van der Waals surface area contributed by atoms with Gasteiger partial charge in [0.05, 0.1) is 6.26 Å². The molecule has 0 bridgehead atoms.